The number of nitrogens with one attached hydrogen (secondary N) is 1. The molecule has 30 heavy (non-hydrogen) atoms. The lowest BCUT2D eigenvalue weighted by molar-refractivity contribution is -0.386. The van der Waals surface area contributed by atoms with Crippen molar-refractivity contribution < 1.29 is 22.9 Å². The molecule has 1 N–H and O–H groups in total. The minimum absolute atomic E-state index is 0.0628. The molecule has 1 saturated carbocycles. The van der Waals surface area contributed by atoms with Crippen LogP contribution in [0.5, 0.6) is 5.75 Å². The van der Waals surface area contributed by atoms with Gasteiger partial charge < -0.3 is 10.1 Å². The molecule has 1 aliphatic heterocycles. The molecular formula is C20H29N3O6S. The van der Waals surface area contributed by atoms with Crippen molar-refractivity contribution in [1.29, 1.82) is 0 Å². The molecule has 0 bridgehead atoms. The Labute approximate surface area is 177 Å². The van der Waals surface area contributed by atoms with Gasteiger partial charge in [-0.05, 0) is 43.2 Å². The van der Waals surface area contributed by atoms with E-state index in [1.165, 1.54) is 16.4 Å². The first kappa shape index (κ1) is 22.5. The first-order chi connectivity index (χ1) is 14.2. The number of benzene rings is 1. The third-order valence-corrected chi connectivity index (χ3v) is 8.14. The second-order valence-electron chi connectivity index (χ2n) is 8.23. The van der Waals surface area contributed by atoms with Crippen LogP contribution in [0.25, 0.3) is 0 Å². The van der Waals surface area contributed by atoms with Crippen molar-refractivity contribution in [1.82, 2.24) is 9.62 Å². The molecule has 10 heteroatoms. The summed E-state index contributed by atoms with van der Waals surface area (Å²) in [5.41, 5.74) is -0.470. The van der Waals surface area contributed by atoms with Gasteiger partial charge in [-0.15, -0.1) is 0 Å². The summed E-state index contributed by atoms with van der Waals surface area (Å²) in [6.07, 6.45) is 4.64. The Kier molecular flexibility index (Phi) is 6.97. The van der Waals surface area contributed by atoms with Crippen LogP contribution in [0.1, 0.15) is 46.0 Å². The third-order valence-electron chi connectivity index (χ3n) is 6.24. The molecule has 0 radical (unpaired) electrons. The number of hydrogen-bond donors (Lipinski definition) is 1. The molecule has 2 fully saturated rings. The van der Waals surface area contributed by atoms with E-state index < -0.39 is 20.6 Å². The molecule has 3 atom stereocenters. The summed E-state index contributed by atoms with van der Waals surface area (Å²) in [5.74, 6) is 0.410. The Morgan fingerprint density at radius 3 is 2.60 bits per heavy atom. The van der Waals surface area contributed by atoms with Crippen LogP contribution in [0, 0.1) is 22.0 Å². The number of nitro benzene ring substituents is 1. The Hall–Kier alpha value is -2.20. The van der Waals surface area contributed by atoms with Crippen molar-refractivity contribution in [3.05, 3.63) is 28.3 Å². The van der Waals surface area contributed by atoms with Gasteiger partial charge in [0.15, 0.2) is 12.4 Å². The van der Waals surface area contributed by atoms with E-state index in [2.05, 4.69) is 19.2 Å². The van der Waals surface area contributed by atoms with Crippen molar-refractivity contribution in [2.24, 2.45) is 11.8 Å². The predicted octanol–water partition coefficient (Wildman–Crippen LogP) is 2.70. The number of rotatable bonds is 7. The van der Waals surface area contributed by atoms with Crippen LogP contribution >= 0.6 is 0 Å². The molecule has 1 aliphatic carbocycles. The van der Waals surface area contributed by atoms with E-state index >= 15 is 0 Å². The number of sulfonamides is 1. The zero-order valence-corrected chi connectivity index (χ0v) is 18.2. The molecule has 1 saturated heterocycles. The third kappa shape index (κ3) is 4.92. The summed E-state index contributed by atoms with van der Waals surface area (Å²) in [7, 11) is -3.78. The number of amides is 1. The highest BCUT2D eigenvalue weighted by molar-refractivity contribution is 7.89. The Balaban J connectivity index is 1.68. The molecule has 1 aromatic carbocycles. The number of hydrogen-bond acceptors (Lipinski definition) is 6. The molecular weight excluding hydrogens is 410 g/mol. The fourth-order valence-corrected chi connectivity index (χ4v) is 5.72. The largest absolute Gasteiger partial charge is 0.477 e. The van der Waals surface area contributed by atoms with E-state index in [9.17, 15) is 23.3 Å². The maximum absolute atomic E-state index is 12.7. The average molecular weight is 440 g/mol. The van der Waals surface area contributed by atoms with Crippen molar-refractivity contribution in [2.75, 3.05) is 19.7 Å². The summed E-state index contributed by atoms with van der Waals surface area (Å²) in [6, 6.07) is 3.61. The summed E-state index contributed by atoms with van der Waals surface area (Å²) in [4.78, 5) is 23.0. The maximum atomic E-state index is 12.7. The van der Waals surface area contributed by atoms with Gasteiger partial charge in [0.05, 0.1) is 9.82 Å². The number of carbonyl (C=O) groups excluding carboxylic acids is 1. The Morgan fingerprint density at radius 1 is 1.23 bits per heavy atom. The second-order valence-corrected chi connectivity index (χ2v) is 10.2. The molecule has 1 heterocycles. The topological polar surface area (TPSA) is 119 Å². The minimum atomic E-state index is -3.78. The fraction of sp³-hybridized carbons (Fsp3) is 0.650. The van der Waals surface area contributed by atoms with E-state index in [4.69, 9.17) is 4.74 Å². The first-order valence-corrected chi connectivity index (χ1v) is 11.8. The molecule has 3 rings (SSSR count). The van der Waals surface area contributed by atoms with Gasteiger partial charge in [0, 0.05) is 25.2 Å². The van der Waals surface area contributed by atoms with E-state index in [1.807, 2.05) is 0 Å². The van der Waals surface area contributed by atoms with Crippen LogP contribution in [0.15, 0.2) is 23.1 Å². The summed E-state index contributed by atoms with van der Waals surface area (Å²) in [6.45, 7) is 4.73. The summed E-state index contributed by atoms with van der Waals surface area (Å²) >= 11 is 0. The van der Waals surface area contributed by atoms with Crippen LogP contribution < -0.4 is 10.1 Å². The smallest absolute Gasteiger partial charge is 0.312 e. The number of nitrogens with zero attached hydrogens (tertiary/aromatic N) is 2. The zero-order valence-electron chi connectivity index (χ0n) is 17.4. The average Bonchev–Trinajstić information content (AvgIpc) is 3.25. The van der Waals surface area contributed by atoms with Crippen molar-refractivity contribution in [3.63, 3.8) is 0 Å². The van der Waals surface area contributed by atoms with Crippen LogP contribution in [-0.4, -0.2) is 49.3 Å². The predicted molar refractivity (Wildman–Crippen MR) is 111 cm³/mol. The lowest BCUT2D eigenvalue weighted by atomic mass is 9.78. The van der Waals surface area contributed by atoms with E-state index in [0.29, 0.717) is 24.9 Å². The monoisotopic (exact) mass is 439 g/mol. The summed E-state index contributed by atoms with van der Waals surface area (Å²) < 4.78 is 32.0. The molecule has 1 amide bonds. The molecule has 9 nitrogen and oxygen atoms in total. The molecule has 0 spiro atoms. The summed E-state index contributed by atoms with van der Waals surface area (Å²) in [5, 5.41) is 14.4. The van der Waals surface area contributed by atoms with Crippen LogP contribution in [-0.2, 0) is 14.8 Å². The lowest BCUT2D eigenvalue weighted by Gasteiger charge is -2.34. The number of nitro groups is 1. The Morgan fingerprint density at radius 2 is 1.93 bits per heavy atom. The van der Waals surface area contributed by atoms with E-state index in [0.717, 1.165) is 38.2 Å². The van der Waals surface area contributed by atoms with Gasteiger partial charge in [-0.3, -0.25) is 14.9 Å². The van der Waals surface area contributed by atoms with Gasteiger partial charge in [-0.2, -0.15) is 4.31 Å². The highest BCUT2D eigenvalue weighted by Gasteiger charge is 2.31. The highest BCUT2D eigenvalue weighted by Crippen LogP contribution is 2.32. The quantitative estimate of drug-likeness (QED) is 0.515. The standard InChI is InChI=1S/C20H29N3O6S/c1-14-6-5-7-17(15(14)2)21-20(24)13-29-19-9-8-16(12-18(19)23(25)26)30(27,28)22-10-3-4-11-22/h8-9,12,14-15,17H,3-7,10-11,13H2,1-2H3,(H,21,24). The minimum Gasteiger partial charge on any atom is -0.477 e. The van der Waals surface area contributed by atoms with E-state index in [1.54, 1.807) is 0 Å². The normalized spacial score (nSPS) is 25.1. The molecule has 1 aromatic rings. The van der Waals surface area contributed by atoms with E-state index in [-0.39, 0.29) is 29.2 Å². The van der Waals surface area contributed by atoms with Gasteiger partial charge in [0.25, 0.3) is 5.91 Å². The zero-order chi connectivity index (χ0) is 21.9. The molecule has 166 valence electrons. The van der Waals surface area contributed by atoms with Gasteiger partial charge in [-0.1, -0.05) is 26.7 Å². The van der Waals surface area contributed by atoms with Gasteiger partial charge >= 0.3 is 5.69 Å². The first-order valence-electron chi connectivity index (χ1n) is 10.4. The second kappa shape index (κ2) is 9.30. The number of carbonyl (C=O) groups is 1. The van der Waals surface area contributed by atoms with Gasteiger partial charge in [0.1, 0.15) is 0 Å². The number of ether oxygens (including phenoxy) is 1. The van der Waals surface area contributed by atoms with Crippen LogP contribution in [0.2, 0.25) is 0 Å². The van der Waals surface area contributed by atoms with Crippen molar-refractivity contribution in [3.8, 4) is 5.75 Å². The van der Waals surface area contributed by atoms with Crippen molar-refractivity contribution in [2.45, 2.75) is 56.9 Å². The van der Waals surface area contributed by atoms with Crippen LogP contribution in [0.3, 0.4) is 0 Å². The fourth-order valence-electron chi connectivity index (χ4n) is 4.18. The molecule has 3 unspecified atom stereocenters. The SMILES string of the molecule is CC1CCCC(NC(=O)COc2ccc(S(=O)(=O)N3CCCC3)cc2[N+](=O)[O-])C1C. The Bertz CT molecular complexity index is 898. The van der Waals surface area contributed by atoms with Gasteiger partial charge in [-0.25, -0.2) is 8.42 Å². The molecule has 0 aromatic heterocycles. The lowest BCUT2D eigenvalue weighted by Crippen LogP contribution is -2.45. The molecule has 2 aliphatic rings. The van der Waals surface area contributed by atoms with Crippen LogP contribution in [0.4, 0.5) is 5.69 Å². The maximum Gasteiger partial charge on any atom is 0.312 e. The van der Waals surface area contributed by atoms with Crippen molar-refractivity contribution >= 4 is 21.6 Å². The van der Waals surface area contributed by atoms with Gasteiger partial charge in [0.2, 0.25) is 10.0 Å². The highest BCUT2D eigenvalue weighted by atomic mass is 32.2.